The maximum atomic E-state index is 13.3. The van der Waals surface area contributed by atoms with E-state index in [1.165, 1.54) is 17.1 Å². The molecule has 1 fully saturated rings. The van der Waals surface area contributed by atoms with Crippen LogP contribution in [0.4, 0.5) is 0 Å². The molecule has 2 aromatic rings. The maximum Gasteiger partial charge on any atom is 0.268 e. The lowest BCUT2D eigenvalue weighted by atomic mass is 9.92. The number of ketones is 1. The summed E-state index contributed by atoms with van der Waals surface area (Å²) in [4.78, 5) is 38.9. The lowest BCUT2D eigenvalue weighted by Crippen LogP contribution is -2.41. The van der Waals surface area contributed by atoms with Crippen molar-refractivity contribution >= 4 is 11.7 Å². The van der Waals surface area contributed by atoms with Crippen molar-refractivity contribution < 1.29 is 14.3 Å². The standard InChI is InChI=1S/C23H26N2O4/c1-29-17-12-10-16(11-13-17)25-20-8-5-9-21(26)18(20)14-19(23(25)28)22(27)24-15-6-3-2-4-7-15/h10-15H,2-9H2,1H3,(H,24,27). The number of methoxy groups -OCH3 is 1. The van der Waals surface area contributed by atoms with Crippen LogP contribution in [0.5, 0.6) is 5.75 Å². The van der Waals surface area contributed by atoms with E-state index in [2.05, 4.69) is 5.32 Å². The number of hydrogen-bond acceptors (Lipinski definition) is 4. The van der Waals surface area contributed by atoms with Crippen molar-refractivity contribution in [2.75, 3.05) is 7.11 Å². The topological polar surface area (TPSA) is 77.4 Å². The number of Topliss-reactive ketones (excluding diaryl/α,β-unsaturated/α-hetero) is 1. The number of benzene rings is 1. The number of carbonyl (C=O) groups is 2. The predicted octanol–water partition coefficient (Wildman–Crippen LogP) is 3.43. The number of nitrogens with one attached hydrogen (secondary N) is 1. The Labute approximate surface area is 169 Å². The highest BCUT2D eigenvalue weighted by molar-refractivity contribution is 6.02. The minimum Gasteiger partial charge on any atom is -0.497 e. The van der Waals surface area contributed by atoms with Crippen molar-refractivity contribution in [1.29, 1.82) is 0 Å². The van der Waals surface area contributed by atoms with Crippen molar-refractivity contribution in [2.45, 2.75) is 57.4 Å². The Morgan fingerprint density at radius 1 is 1.03 bits per heavy atom. The van der Waals surface area contributed by atoms with Gasteiger partial charge in [0.25, 0.3) is 11.5 Å². The summed E-state index contributed by atoms with van der Waals surface area (Å²) in [7, 11) is 1.58. The van der Waals surface area contributed by atoms with Crippen molar-refractivity contribution in [2.24, 2.45) is 0 Å². The van der Waals surface area contributed by atoms with Crippen LogP contribution >= 0.6 is 0 Å². The van der Waals surface area contributed by atoms with E-state index in [4.69, 9.17) is 4.74 Å². The number of aromatic nitrogens is 1. The Kier molecular flexibility index (Phi) is 5.51. The van der Waals surface area contributed by atoms with Crippen LogP contribution in [0.2, 0.25) is 0 Å². The molecule has 0 radical (unpaired) electrons. The van der Waals surface area contributed by atoms with Gasteiger partial charge in [0, 0.05) is 29.4 Å². The van der Waals surface area contributed by atoms with E-state index in [9.17, 15) is 14.4 Å². The second kappa shape index (κ2) is 8.23. The van der Waals surface area contributed by atoms with Crippen LogP contribution in [0.1, 0.15) is 71.4 Å². The van der Waals surface area contributed by atoms with Crippen LogP contribution < -0.4 is 15.6 Å². The molecule has 0 atom stereocenters. The maximum absolute atomic E-state index is 13.3. The quantitative estimate of drug-likeness (QED) is 0.862. The van der Waals surface area contributed by atoms with Gasteiger partial charge in [0.2, 0.25) is 0 Å². The van der Waals surface area contributed by atoms with Gasteiger partial charge in [-0.2, -0.15) is 0 Å². The molecule has 1 aromatic heterocycles. The molecule has 4 rings (SSSR count). The molecule has 0 spiro atoms. The molecule has 6 heteroatoms. The van der Waals surface area contributed by atoms with Crippen LogP contribution in [0.25, 0.3) is 5.69 Å². The van der Waals surface area contributed by atoms with Crippen LogP contribution in [0.3, 0.4) is 0 Å². The van der Waals surface area contributed by atoms with Gasteiger partial charge in [-0.25, -0.2) is 0 Å². The second-order valence-corrected chi connectivity index (χ2v) is 7.84. The van der Waals surface area contributed by atoms with Gasteiger partial charge in [-0.05, 0) is 56.0 Å². The molecule has 1 N–H and O–H groups in total. The SMILES string of the molecule is COc1ccc(-n2c3c(cc(C(=O)NC4CCCCC4)c2=O)C(=O)CCC3)cc1. The fourth-order valence-electron chi connectivity index (χ4n) is 4.37. The van der Waals surface area contributed by atoms with Gasteiger partial charge in [0.05, 0.1) is 7.11 Å². The molecule has 1 amide bonds. The molecule has 0 saturated heterocycles. The molecule has 0 bridgehead atoms. The number of fused-ring (bicyclic) bond motifs is 1. The third-order valence-corrected chi connectivity index (χ3v) is 5.94. The van der Waals surface area contributed by atoms with Gasteiger partial charge >= 0.3 is 0 Å². The highest BCUT2D eigenvalue weighted by Crippen LogP contribution is 2.25. The van der Waals surface area contributed by atoms with E-state index in [-0.39, 0.29) is 28.9 Å². The Bertz CT molecular complexity index is 985. The first kappa shape index (κ1) is 19.4. The van der Waals surface area contributed by atoms with Crippen LogP contribution in [0, 0.1) is 0 Å². The second-order valence-electron chi connectivity index (χ2n) is 7.84. The van der Waals surface area contributed by atoms with Gasteiger partial charge in [-0.3, -0.25) is 19.0 Å². The summed E-state index contributed by atoms with van der Waals surface area (Å²) in [5.41, 5.74) is 1.47. The van der Waals surface area contributed by atoms with E-state index in [0.717, 1.165) is 25.7 Å². The molecular weight excluding hydrogens is 368 g/mol. The molecule has 1 saturated carbocycles. The number of ether oxygens (including phenoxy) is 1. The number of hydrogen-bond donors (Lipinski definition) is 1. The van der Waals surface area contributed by atoms with Gasteiger partial charge in [-0.15, -0.1) is 0 Å². The summed E-state index contributed by atoms with van der Waals surface area (Å²) in [6.07, 6.45) is 7.00. The largest absolute Gasteiger partial charge is 0.497 e. The molecule has 6 nitrogen and oxygen atoms in total. The summed E-state index contributed by atoms with van der Waals surface area (Å²) in [5, 5.41) is 3.01. The number of amides is 1. The fourth-order valence-corrected chi connectivity index (χ4v) is 4.37. The predicted molar refractivity (Wildman–Crippen MR) is 110 cm³/mol. The minimum absolute atomic E-state index is 0.0137. The monoisotopic (exact) mass is 394 g/mol. The average Bonchev–Trinajstić information content (AvgIpc) is 2.74. The van der Waals surface area contributed by atoms with Gasteiger partial charge in [-0.1, -0.05) is 19.3 Å². The van der Waals surface area contributed by atoms with E-state index in [1.54, 1.807) is 31.4 Å². The Morgan fingerprint density at radius 3 is 2.45 bits per heavy atom. The summed E-state index contributed by atoms with van der Waals surface area (Å²) in [6.45, 7) is 0. The Hall–Kier alpha value is -2.89. The third kappa shape index (κ3) is 3.84. The number of pyridine rings is 1. The van der Waals surface area contributed by atoms with Crippen molar-refractivity contribution in [3.63, 3.8) is 0 Å². The summed E-state index contributed by atoms with van der Waals surface area (Å²) < 4.78 is 6.74. The highest BCUT2D eigenvalue weighted by atomic mass is 16.5. The molecular formula is C23H26N2O4. The number of nitrogens with zero attached hydrogens (tertiary/aromatic N) is 1. The molecule has 29 heavy (non-hydrogen) atoms. The number of carbonyl (C=O) groups excluding carboxylic acids is 2. The van der Waals surface area contributed by atoms with Crippen LogP contribution in [-0.2, 0) is 6.42 Å². The van der Waals surface area contributed by atoms with E-state index in [1.807, 2.05) is 0 Å². The lowest BCUT2D eigenvalue weighted by molar-refractivity contribution is 0.0925. The summed E-state index contributed by atoms with van der Waals surface area (Å²) in [5.74, 6) is 0.281. The zero-order valence-electron chi connectivity index (χ0n) is 16.7. The molecule has 1 aromatic carbocycles. The lowest BCUT2D eigenvalue weighted by Gasteiger charge is -2.24. The zero-order valence-corrected chi connectivity index (χ0v) is 16.7. The molecule has 0 unspecified atom stereocenters. The Morgan fingerprint density at radius 2 is 1.76 bits per heavy atom. The van der Waals surface area contributed by atoms with Gasteiger partial charge in [0.1, 0.15) is 11.3 Å². The van der Waals surface area contributed by atoms with Crippen molar-refractivity contribution in [3.8, 4) is 11.4 Å². The van der Waals surface area contributed by atoms with E-state index < -0.39 is 0 Å². The minimum atomic E-state index is -0.384. The average molecular weight is 394 g/mol. The highest BCUT2D eigenvalue weighted by Gasteiger charge is 2.27. The van der Waals surface area contributed by atoms with E-state index in [0.29, 0.717) is 42.0 Å². The third-order valence-electron chi connectivity index (χ3n) is 5.94. The smallest absolute Gasteiger partial charge is 0.268 e. The first-order valence-electron chi connectivity index (χ1n) is 10.4. The molecule has 0 aliphatic heterocycles. The molecule has 2 aliphatic rings. The normalized spacial score (nSPS) is 16.9. The molecule has 152 valence electrons. The van der Waals surface area contributed by atoms with Crippen molar-refractivity contribution in [1.82, 2.24) is 9.88 Å². The summed E-state index contributed by atoms with van der Waals surface area (Å²) in [6, 6.07) is 8.71. The first-order valence-corrected chi connectivity index (χ1v) is 10.4. The molecule has 1 heterocycles. The van der Waals surface area contributed by atoms with Crippen LogP contribution in [0.15, 0.2) is 35.1 Å². The number of rotatable bonds is 4. The Balaban J connectivity index is 1.79. The summed E-state index contributed by atoms with van der Waals surface area (Å²) >= 11 is 0. The first-order chi connectivity index (χ1) is 14.1. The van der Waals surface area contributed by atoms with Gasteiger partial charge < -0.3 is 10.1 Å². The van der Waals surface area contributed by atoms with Crippen LogP contribution in [-0.4, -0.2) is 29.4 Å². The molecule has 2 aliphatic carbocycles. The van der Waals surface area contributed by atoms with Crippen molar-refractivity contribution in [3.05, 3.63) is 57.5 Å². The van der Waals surface area contributed by atoms with E-state index >= 15 is 0 Å². The zero-order chi connectivity index (χ0) is 20.4. The van der Waals surface area contributed by atoms with Gasteiger partial charge in [0.15, 0.2) is 5.78 Å². The fraction of sp³-hybridized carbons (Fsp3) is 0.435.